The number of nitrogens with zero attached hydrogens (tertiary/aromatic N) is 5. The summed E-state index contributed by atoms with van der Waals surface area (Å²) in [5.41, 5.74) is 2.84. The summed E-state index contributed by atoms with van der Waals surface area (Å²) in [5, 5.41) is 17.3. The molecule has 0 saturated heterocycles. The van der Waals surface area contributed by atoms with E-state index in [0.717, 1.165) is 11.1 Å². The minimum atomic E-state index is -0.272. The SMILES string of the molecule is Cc1ccnc(Nc2ccc(NCCNC(=O)c3cnc4ccccc4n3)nn2)c1. The number of aryl methyl sites for hydroxylation is 1. The molecule has 1 amide bonds. The van der Waals surface area contributed by atoms with Gasteiger partial charge in [0.2, 0.25) is 0 Å². The summed E-state index contributed by atoms with van der Waals surface area (Å²) in [5.74, 6) is 1.65. The monoisotopic (exact) mass is 400 g/mol. The summed E-state index contributed by atoms with van der Waals surface area (Å²) in [7, 11) is 0. The van der Waals surface area contributed by atoms with Crippen LogP contribution in [0.25, 0.3) is 11.0 Å². The van der Waals surface area contributed by atoms with E-state index in [1.54, 1.807) is 6.20 Å². The lowest BCUT2D eigenvalue weighted by Crippen LogP contribution is -2.29. The highest BCUT2D eigenvalue weighted by Gasteiger charge is 2.08. The average Bonchev–Trinajstić information content (AvgIpc) is 2.77. The molecule has 4 rings (SSSR count). The number of aromatic nitrogens is 5. The molecule has 4 aromatic rings. The number of rotatable bonds is 7. The van der Waals surface area contributed by atoms with Gasteiger partial charge in [0, 0.05) is 19.3 Å². The van der Waals surface area contributed by atoms with Crippen molar-refractivity contribution in [2.45, 2.75) is 6.92 Å². The van der Waals surface area contributed by atoms with Crippen LogP contribution in [-0.4, -0.2) is 44.1 Å². The average molecular weight is 400 g/mol. The first-order chi connectivity index (χ1) is 14.7. The Kier molecular flexibility index (Phi) is 5.70. The van der Waals surface area contributed by atoms with E-state index in [1.165, 1.54) is 6.20 Å². The van der Waals surface area contributed by atoms with Crippen LogP contribution in [0.2, 0.25) is 0 Å². The smallest absolute Gasteiger partial charge is 0.271 e. The number of fused-ring (bicyclic) bond motifs is 1. The molecule has 0 aliphatic heterocycles. The molecule has 0 bridgehead atoms. The molecule has 30 heavy (non-hydrogen) atoms. The number of para-hydroxylation sites is 2. The van der Waals surface area contributed by atoms with Gasteiger partial charge in [0.1, 0.15) is 17.3 Å². The molecule has 3 N–H and O–H groups in total. The van der Waals surface area contributed by atoms with Crippen LogP contribution in [0.4, 0.5) is 17.5 Å². The highest BCUT2D eigenvalue weighted by atomic mass is 16.1. The van der Waals surface area contributed by atoms with Crippen molar-refractivity contribution < 1.29 is 4.79 Å². The number of nitrogens with one attached hydrogen (secondary N) is 3. The fourth-order valence-corrected chi connectivity index (χ4v) is 2.75. The van der Waals surface area contributed by atoms with Gasteiger partial charge in [-0.2, -0.15) is 0 Å². The zero-order valence-electron chi connectivity index (χ0n) is 16.3. The van der Waals surface area contributed by atoms with E-state index in [9.17, 15) is 4.79 Å². The van der Waals surface area contributed by atoms with Crippen LogP contribution < -0.4 is 16.0 Å². The predicted molar refractivity (Wildman–Crippen MR) is 115 cm³/mol. The molecule has 0 saturated carbocycles. The van der Waals surface area contributed by atoms with Crippen molar-refractivity contribution in [2.75, 3.05) is 23.7 Å². The molecule has 0 aliphatic rings. The van der Waals surface area contributed by atoms with Crippen LogP contribution in [0.1, 0.15) is 16.1 Å². The maximum absolute atomic E-state index is 12.3. The normalized spacial score (nSPS) is 10.6. The standard InChI is InChI=1S/C21H20N8O/c1-14-8-9-22-20(12-14)27-19-7-6-18(28-29-19)23-10-11-24-21(30)17-13-25-15-4-2-3-5-16(15)26-17/h2-9,12-13H,10-11H2,1H3,(H,23,28)(H,24,30)(H,22,27,29). The van der Waals surface area contributed by atoms with Crippen molar-refractivity contribution in [1.82, 2.24) is 30.5 Å². The Hall–Kier alpha value is -4.14. The molecule has 9 heteroatoms. The molecule has 0 aliphatic carbocycles. The van der Waals surface area contributed by atoms with Crippen molar-refractivity contribution in [3.63, 3.8) is 0 Å². The summed E-state index contributed by atoms with van der Waals surface area (Å²) in [6.45, 7) is 2.90. The van der Waals surface area contributed by atoms with E-state index in [4.69, 9.17) is 0 Å². The largest absolute Gasteiger partial charge is 0.367 e. The van der Waals surface area contributed by atoms with Gasteiger partial charge >= 0.3 is 0 Å². The van der Waals surface area contributed by atoms with Crippen LogP contribution in [0, 0.1) is 6.92 Å². The number of anilines is 3. The Balaban J connectivity index is 1.25. The molecule has 0 atom stereocenters. The van der Waals surface area contributed by atoms with E-state index in [0.29, 0.717) is 36.1 Å². The Morgan fingerprint density at radius 2 is 1.70 bits per heavy atom. The van der Waals surface area contributed by atoms with Gasteiger partial charge in [-0.25, -0.2) is 9.97 Å². The highest BCUT2D eigenvalue weighted by Crippen LogP contribution is 2.13. The van der Waals surface area contributed by atoms with Crippen LogP contribution in [-0.2, 0) is 0 Å². The minimum Gasteiger partial charge on any atom is -0.367 e. The molecular weight excluding hydrogens is 380 g/mol. The van der Waals surface area contributed by atoms with Gasteiger partial charge in [-0.1, -0.05) is 12.1 Å². The van der Waals surface area contributed by atoms with Gasteiger partial charge in [-0.15, -0.1) is 10.2 Å². The third-order valence-corrected chi connectivity index (χ3v) is 4.23. The zero-order chi connectivity index (χ0) is 20.8. The second kappa shape index (κ2) is 8.91. The van der Waals surface area contributed by atoms with Crippen molar-refractivity contribution in [2.24, 2.45) is 0 Å². The van der Waals surface area contributed by atoms with E-state index in [2.05, 4.69) is 41.1 Å². The van der Waals surface area contributed by atoms with Gasteiger partial charge < -0.3 is 16.0 Å². The lowest BCUT2D eigenvalue weighted by Gasteiger charge is -2.08. The van der Waals surface area contributed by atoms with E-state index < -0.39 is 0 Å². The second-order valence-electron chi connectivity index (χ2n) is 6.57. The summed E-state index contributed by atoms with van der Waals surface area (Å²) >= 11 is 0. The van der Waals surface area contributed by atoms with E-state index >= 15 is 0 Å². The molecule has 0 spiro atoms. The lowest BCUT2D eigenvalue weighted by molar-refractivity contribution is 0.0950. The molecule has 150 valence electrons. The van der Waals surface area contributed by atoms with Crippen LogP contribution in [0.3, 0.4) is 0 Å². The number of amides is 1. The summed E-state index contributed by atoms with van der Waals surface area (Å²) in [4.78, 5) is 25.1. The van der Waals surface area contributed by atoms with Gasteiger partial charge in [-0.3, -0.25) is 9.78 Å². The number of hydrogen-bond acceptors (Lipinski definition) is 8. The van der Waals surface area contributed by atoms with Crippen LogP contribution in [0.5, 0.6) is 0 Å². The third-order valence-electron chi connectivity index (χ3n) is 4.23. The van der Waals surface area contributed by atoms with Gasteiger partial charge in [0.05, 0.1) is 17.2 Å². The minimum absolute atomic E-state index is 0.272. The van der Waals surface area contributed by atoms with Gasteiger partial charge in [0.25, 0.3) is 5.91 Å². The molecule has 0 radical (unpaired) electrons. The first kappa shape index (κ1) is 19.2. The maximum Gasteiger partial charge on any atom is 0.271 e. The first-order valence-electron chi connectivity index (χ1n) is 9.45. The second-order valence-corrected chi connectivity index (χ2v) is 6.57. The summed E-state index contributed by atoms with van der Waals surface area (Å²) in [6, 6.07) is 14.9. The number of carbonyl (C=O) groups excluding carboxylic acids is 1. The number of hydrogen-bond donors (Lipinski definition) is 3. The highest BCUT2D eigenvalue weighted by molar-refractivity contribution is 5.93. The van der Waals surface area contributed by atoms with Gasteiger partial charge in [-0.05, 0) is 48.9 Å². The lowest BCUT2D eigenvalue weighted by atomic mass is 10.3. The summed E-state index contributed by atoms with van der Waals surface area (Å²) < 4.78 is 0. The zero-order valence-corrected chi connectivity index (χ0v) is 16.3. The Morgan fingerprint density at radius 1 is 0.900 bits per heavy atom. The Bertz CT molecular complexity index is 1160. The molecule has 1 aromatic carbocycles. The van der Waals surface area contributed by atoms with Crippen LogP contribution >= 0.6 is 0 Å². The molecule has 0 fully saturated rings. The quantitative estimate of drug-likeness (QED) is 0.405. The van der Waals surface area contributed by atoms with Crippen LogP contribution in [0.15, 0.2) is 60.9 Å². The molecule has 3 aromatic heterocycles. The molecule has 9 nitrogen and oxygen atoms in total. The molecular formula is C21H20N8O. The molecule has 3 heterocycles. The van der Waals surface area contributed by atoms with E-state index in [1.807, 2.05) is 55.5 Å². The number of benzene rings is 1. The number of pyridine rings is 1. The van der Waals surface area contributed by atoms with Gasteiger partial charge in [0.15, 0.2) is 5.82 Å². The topological polar surface area (TPSA) is 118 Å². The fraction of sp³-hybridized carbons (Fsp3) is 0.143. The number of carbonyl (C=O) groups is 1. The van der Waals surface area contributed by atoms with Crippen molar-refractivity contribution in [1.29, 1.82) is 0 Å². The third kappa shape index (κ3) is 4.82. The summed E-state index contributed by atoms with van der Waals surface area (Å²) in [6.07, 6.45) is 3.21. The Morgan fingerprint density at radius 3 is 2.50 bits per heavy atom. The maximum atomic E-state index is 12.3. The van der Waals surface area contributed by atoms with Crippen molar-refractivity contribution in [3.05, 3.63) is 72.2 Å². The first-order valence-corrected chi connectivity index (χ1v) is 9.45. The van der Waals surface area contributed by atoms with E-state index in [-0.39, 0.29) is 11.6 Å². The van der Waals surface area contributed by atoms with Crippen molar-refractivity contribution >= 4 is 34.4 Å². The Labute approximate surface area is 173 Å². The fourth-order valence-electron chi connectivity index (χ4n) is 2.75. The van der Waals surface area contributed by atoms with Crippen molar-refractivity contribution in [3.8, 4) is 0 Å². The molecule has 0 unspecified atom stereocenters. The predicted octanol–water partition coefficient (Wildman–Crippen LogP) is 2.71.